The maximum atomic E-state index is 12.3. The highest BCUT2D eigenvalue weighted by Crippen LogP contribution is 2.41. The largest absolute Gasteiger partial charge is 0.491 e. The van der Waals surface area contributed by atoms with E-state index in [1.165, 1.54) is 6.26 Å². The molecule has 2 atom stereocenters. The summed E-state index contributed by atoms with van der Waals surface area (Å²) in [4.78, 5) is 14.2. The van der Waals surface area contributed by atoms with Crippen molar-refractivity contribution in [2.24, 2.45) is 5.73 Å². The molecule has 2 aromatic rings. The van der Waals surface area contributed by atoms with Crippen molar-refractivity contribution in [3.8, 4) is 16.9 Å². The Balaban J connectivity index is 1.81. The number of ether oxygens (including phenoxy) is 2. The van der Waals surface area contributed by atoms with Gasteiger partial charge >= 0.3 is 6.09 Å². The standard InChI is InChI=1S/C19H20N2O5S/c1-27(23,24)18-5-3-2-4-13(18)12-6-7-14-16(10-12)25-9-8-15-17(11-20)26-19(22)21(14)15/h2-7,10,15,17H,8-9,11,20H2,1H3/t15-,17-/m0/s1. The number of nitrogens with two attached hydrogens (primary N) is 1. The van der Waals surface area contributed by atoms with E-state index >= 15 is 0 Å². The first kappa shape index (κ1) is 17.8. The first-order chi connectivity index (χ1) is 12.9. The van der Waals surface area contributed by atoms with Crippen molar-refractivity contribution in [1.29, 1.82) is 0 Å². The highest BCUT2D eigenvalue weighted by Gasteiger charge is 2.44. The van der Waals surface area contributed by atoms with E-state index in [9.17, 15) is 13.2 Å². The molecule has 0 unspecified atom stereocenters. The zero-order chi connectivity index (χ0) is 19.2. The normalized spacial score (nSPS) is 21.7. The van der Waals surface area contributed by atoms with E-state index in [0.717, 1.165) is 0 Å². The lowest BCUT2D eigenvalue weighted by Crippen LogP contribution is -2.39. The topological polar surface area (TPSA) is 98.9 Å². The van der Waals surface area contributed by atoms with Gasteiger partial charge in [0.15, 0.2) is 9.84 Å². The van der Waals surface area contributed by atoms with E-state index < -0.39 is 15.9 Å². The third-order valence-corrected chi connectivity index (χ3v) is 6.09. The van der Waals surface area contributed by atoms with Crippen LogP contribution in [0, 0.1) is 0 Å². The molecule has 1 saturated heterocycles. The van der Waals surface area contributed by atoms with Gasteiger partial charge in [-0.3, -0.25) is 4.90 Å². The molecule has 27 heavy (non-hydrogen) atoms. The minimum absolute atomic E-state index is 0.169. The van der Waals surface area contributed by atoms with E-state index in [-0.39, 0.29) is 23.6 Å². The number of nitrogens with zero attached hydrogens (tertiary/aromatic N) is 1. The molecule has 0 aliphatic carbocycles. The second-order valence-electron chi connectivity index (χ2n) is 6.68. The number of fused-ring (bicyclic) bond motifs is 3. The molecule has 4 rings (SSSR count). The average Bonchev–Trinajstić information content (AvgIpc) is 2.84. The van der Waals surface area contributed by atoms with E-state index in [1.54, 1.807) is 47.4 Å². The quantitative estimate of drug-likeness (QED) is 0.865. The molecule has 8 heteroatoms. The van der Waals surface area contributed by atoms with Crippen LogP contribution in [0.1, 0.15) is 6.42 Å². The highest BCUT2D eigenvalue weighted by atomic mass is 32.2. The monoisotopic (exact) mass is 388 g/mol. The van der Waals surface area contributed by atoms with Gasteiger partial charge in [0.25, 0.3) is 0 Å². The molecule has 2 heterocycles. The van der Waals surface area contributed by atoms with Crippen LogP contribution in [0.25, 0.3) is 11.1 Å². The Morgan fingerprint density at radius 3 is 2.74 bits per heavy atom. The fourth-order valence-electron chi connectivity index (χ4n) is 3.68. The average molecular weight is 388 g/mol. The summed E-state index contributed by atoms with van der Waals surface area (Å²) < 4.78 is 35.5. The molecular formula is C19H20N2O5S. The fourth-order valence-corrected chi connectivity index (χ4v) is 4.59. The van der Waals surface area contributed by atoms with Crippen LogP contribution in [0.15, 0.2) is 47.4 Å². The Hall–Kier alpha value is -2.58. The molecule has 1 amide bonds. The van der Waals surface area contributed by atoms with Gasteiger partial charge in [0.2, 0.25) is 0 Å². The van der Waals surface area contributed by atoms with Gasteiger partial charge in [-0.2, -0.15) is 0 Å². The third kappa shape index (κ3) is 3.04. The molecule has 0 bridgehead atoms. The number of amides is 1. The van der Waals surface area contributed by atoms with Crippen molar-refractivity contribution in [2.45, 2.75) is 23.5 Å². The van der Waals surface area contributed by atoms with Crippen molar-refractivity contribution in [2.75, 3.05) is 24.3 Å². The van der Waals surface area contributed by atoms with Crippen LogP contribution in [-0.4, -0.2) is 46.1 Å². The Kier molecular flexibility index (Phi) is 4.32. The molecule has 0 aromatic heterocycles. The second kappa shape index (κ2) is 6.54. The molecule has 0 radical (unpaired) electrons. The number of rotatable bonds is 3. The van der Waals surface area contributed by atoms with Crippen LogP contribution in [0.2, 0.25) is 0 Å². The van der Waals surface area contributed by atoms with Crippen LogP contribution in [0.5, 0.6) is 5.75 Å². The van der Waals surface area contributed by atoms with Crippen LogP contribution in [0.4, 0.5) is 10.5 Å². The molecular weight excluding hydrogens is 368 g/mol. The zero-order valence-electron chi connectivity index (χ0n) is 14.8. The number of cyclic esters (lactones) is 1. The summed E-state index contributed by atoms with van der Waals surface area (Å²) in [5.41, 5.74) is 7.64. The Bertz CT molecular complexity index is 1000. The van der Waals surface area contributed by atoms with Crippen molar-refractivity contribution < 1.29 is 22.7 Å². The number of hydrogen-bond donors (Lipinski definition) is 1. The zero-order valence-corrected chi connectivity index (χ0v) is 15.6. The summed E-state index contributed by atoms with van der Waals surface area (Å²) in [5.74, 6) is 0.521. The van der Waals surface area contributed by atoms with Gasteiger partial charge in [0, 0.05) is 24.8 Å². The number of anilines is 1. The molecule has 2 N–H and O–H groups in total. The molecule has 0 saturated carbocycles. The molecule has 142 valence electrons. The van der Waals surface area contributed by atoms with Gasteiger partial charge in [0.1, 0.15) is 11.9 Å². The van der Waals surface area contributed by atoms with Gasteiger partial charge in [-0.05, 0) is 23.8 Å². The lowest BCUT2D eigenvalue weighted by atomic mass is 10.0. The Labute approximate surface area is 157 Å². The van der Waals surface area contributed by atoms with Gasteiger partial charge in [-0.25, -0.2) is 13.2 Å². The minimum atomic E-state index is -3.38. The molecule has 2 aromatic carbocycles. The molecule has 1 fully saturated rings. The first-order valence-electron chi connectivity index (χ1n) is 8.66. The van der Waals surface area contributed by atoms with Crippen LogP contribution < -0.4 is 15.4 Å². The Morgan fingerprint density at radius 1 is 1.22 bits per heavy atom. The van der Waals surface area contributed by atoms with Crippen molar-refractivity contribution in [3.63, 3.8) is 0 Å². The van der Waals surface area contributed by atoms with Crippen LogP contribution in [0.3, 0.4) is 0 Å². The van der Waals surface area contributed by atoms with Crippen molar-refractivity contribution in [1.82, 2.24) is 0 Å². The predicted octanol–water partition coefficient (Wildman–Crippen LogP) is 2.19. The van der Waals surface area contributed by atoms with Crippen LogP contribution >= 0.6 is 0 Å². The van der Waals surface area contributed by atoms with Gasteiger partial charge < -0.3 is 15.2 Å². The number of hydrogen-bond acceptors (Lipinski definition) is 6. The predicted molar refractivity (Wildman–Crippen MR) is 101 cm³/mol. The van der Waals surface area contributed by atoms with Gasteiger partial charge in [-0.1, -0.05) is 24.3 Å². The summed E-state index contributed by atoms with van der Waals surface area (Å²) in [6, 6.07) is 12.0. The fraction of sp³-hybridized carbons (Fsp3) is 0.316. The maximum absolute atomic E-state index is 12.3. The highest BCUT2D eigenvalue weighted by molar-refractivity contribution is 7.90. The van der Waals surface area contributed by atoms with E-state index in [1.807, 2.05) is 0 Å². The van der Waals surface area contributed by atoms with Crippen molar-refractivity contribution in [3.05, 3.63) is 42.5 Å². The third-order valence-electron chi connectivity index (χ3n) is 4.93. The molecule has 2 aliphatic rings. The van der Waals surface area contributed by atoms with Crippen LogP contribution in [-0.2, 0) is 14.6 Å². The number of carbonyl (C=O) groups excluding carboxylic acids is 1. The lowest BCUT2D eigenvalue weighted by Gasteiger charge is -2.21. The second-order valence-corrected chi connectivity index (χ2v) is 8.67. The number of sulfone groups is 1. The minimum Gasteiger partial charge on any atom is -0.491 e. The Morgan fingerprint density at radius 2 is 2.00 bits per heavy atom. The molecule has 0 spiro atoms. The maximum Gasteiger partial charge on any atom is 0.415 e. The smallest absolute Gasteiger partial charge is 0.415 e. The SMILES string of the molecule is CS(=O)(=O)c1ccccc1-c1ccc2c(c1)OCC[C@H]1[C@H](CN)OC(=O)N21. The summed E-state index contributed by atoms with van der Waals surface area (Å²) in [6.07, 6.45) is 0.991. The van der Waals surface area contributed by atoms with E-state index in [0.29, 0.717) is 35.6 Å². The number of carbonyl (C=O) groups is 1. The van der Waals surface area contributed by atoms with E-state index in [2.05, 4.69) is 0 Å². The van der Waals surface area contributed by atoms with Gasteiger partial charge in [0.05, 0.1) is 23.2 Å². The van der Waals surface area contributed by atoms with Crippen molar-refractivity contribution >= 4 is 21.6 Å². The molecule has 2 aliphatic heterocycles. The summed E-state index contributed by atoms with van der Waals surface area (Å²) >= 11 is 0. The summed E-state index contributed by atoms with van der Waals surface area (Å²) in [6.45, 7) is 0.667. The summed E-state index contributed by atoms with van der Waals surface area (Å²) in [5, 5.41) is 0. The first-order valence-corrected chi connectivity index (χ1v) is 10.6. The lowest BCUT2D eigenvalue weighted by molar-refractivity contribution is 0.131. The van der Waals surface area contributed by atoms with Gasteiger partial charge in [-0.15, -0.1) is 0 Å². The summed E-state index contributed by atoms with van der Waals surface area (Å²) in [7, 11) is -3.38. The molecule has 7 nitrogen and oxygen atoms in total. The van der Waals surface area contributed by atoms with E-state index in [4.69, 9.17) is 15.2 Å². The number of benzene rings is 2.